The van der Waals surface area contributed by atoms with Crippen LogP contribution in [0.1, 0.15) is 4.88 Å². The summed E-state index contributed by atoms with van der Waals surface area (Å²) in [6.07, 6.45) is 0. The first-order valence-electron chi connectivity index (χ1n) is 6.05. The number of nitrogens with zero attached hydrogens (tertiary/aromatic N) is 2. The fourth-order valence-electron chi connectivity index (χ4n) is 2.34. The van der Waals surface area contributed by atoms with Gasteiger partial charge in [0, 0.05) is 32.6 Å². The standard InChI is InChI=1S/C14H10Cl2N2O2S/c1-6-9(10-7(15)4-3-5-8(10)21-6)11-12(19)13(16)17-18(2)14(11)20/h3-5,19H,1-2H3. The Labute approximate surface area is 134 Å². The van der Waals surface area contributed by atoms with E-state index in [4.69, 9.17) is 23.2 Å². The van der Waals surface area contributed by atoms with E-state index in [1.807, 2.05) is 19.1 Å². The number of halogens is 2. The zero-order valence-electron chi connectivity index (χ0n) is 11.1. The lowest BCUT2D eigenvalue weighted by Crippen LogP contribution is -2.21. The lowest BCUT2D eigenvalue weighted by atomic mass is 10.0. The smallest absolute Gasteiger partial charge is 0.278 e. The summed E-state index contributed by atoms with van der Waals surface area (Å²) in [6, 6.07) is 5.53. The van der Waals surface area contributed by atoms with E-state index in [0.29, 0.717) is 10.6 Å². The van der Waals surface area contributed by atoms with E-state index in [9.17, 15) is 9.90 Å². The van der Waals surface area contributed by atoms with Crippen LogP contribution in [0.3, 0.4) is 0 Å². The summed E-state index contributed by atoms with van der Waals surface area (Å²) in [4.78, 5) is 13.3. The van der Waals surface area contributed by atoms with Gasteiger partial charge in [0.05, 0.1) is 5.56 Å². The van der Waals surface area contributed by atoms with Gasteiger partial charge < -0.3 is 5.11 Å². The molecule has 0 unspecified atom stereocenters. The van der Waals surface area contributed by atoms with Crippen LogP contribution in [-0.2, 0) is 7.05 Å². The molecule has 1 N–H and O–H groups in total. The summed E-state index contributed by atoms with van der Waals surface area (Å²) in [5.41, 5.74) is 0.331. The zero-order valence-corrected chi connectivity index (χ0v) is 13.5. The lowest BCUT2D eigenvalue weighted by molar-refractivity contribution is 0.467. The molecule has 0 aliphatic carbocycles. The molecule has 0 fully saturated rings. The minimum Gasteiger partial charge on any atom is -0.504 e. The molecular weight excluding hydrogens is 331 g/mol. The fourth-order valence-corrected chi connectivity index (χ4v) is 3.97. The molecule has 21 heavy (non-hydrogen) atoms. The molecule has 0 bridgehead atoms. The Balaban J connectivity index is 2.53. The quantitative estimate of drug-likeness (QED) is 0.728. The van der Waals surface area contributed by atoms with Gasteiger partial charge >= 0.3 is 0 Å². The first-order chi connectivity index (χ1) is 9.91. The number of fused-ring (bicyclic) bond motifs is 1. The van der Waals surface area contributed by atoms with Crippen LogP contribution in [0, 0.1) is 6.92 Å². The van der Waals surface area contributed by atoms with Crippen LogP contribution in [0.5, 0.6) is 5.75 Å². The van der Waals surface area contributed by atoms with Crippen molar-refractivity contribution in [2.45, 2.75) is 6.92 Å². The monoisotopic (exact) mass is 340 g/mol. The number of hydrogen-bond donors (Lipinski definition) is 1. The van der Waals surface area contributed by atoms with Crippen molar-refractivity contribution in [2.75, 3.05) is 0 Å². The number of rotatable bonds is 1. The molecule has 0 saturated carbocycles. The van der Waals surface area contributed by atoms with Crippen molar-refractivity contribution in [1.29, 1.82) is 0 Å². The van der Waals surface area contributed by atoms with Crippen LogP contribution in [0.4, 0.5) is 0 Å². The molecule has 0 spiro atoms. The predicted octanol–water partition coefficient (Wildman–Crippen LogP) is 3.98. The Hall–Kier alpha value is -1.56. The molecule has 0 atom stereocenters. The summed E-state index contributed by atoms with van der Waals surface area (Å²) in [5.74, 6) is -0.317. The van der Waals surface area contributed by atoms with Crippen LogP contribution >= 0.6 is 34.5 Å². The molecule has 3 aromatic rings. The van der Waals surface area contributed by atoms with Gasteiger partial charge in [-0.05, 0) is 19.1 Å². The molecule has 108 valence electrons. The summed E-state index contributed by atoms with van der Waals surface area (Å²) in [6.45, 7) is 1.88. The second-order valence-electron chi connectivity index (χ2n) is 4.59. The van der Waals surface area contributed by atoms with E-state index in [1.54, 1.807) is 6.07 Å². The van der Waals surface area contributed by atoms with E-state index in [-0.39, 0.29) is 16.5 Å². The lowest BCUT2D eigenvalue weighted by Gasteiger charge is -2.08. The third-order valence-electron chi connectivity index (χ3n) is 3.27. The largest absolute Gasteiger partial charge is 0.504 e. The van der Waals surface area contributed by atoms with E-state index < -0.39 is 5.56 Å². The number of aromatic nitrogens is 2. The topological polar surface area (TPSA) is 55.1 Å². The Morgan fingerprint density at radius 3 is 2.71 bits per heavy atom. The van der Waals surface area contributed by atoms with Crippen LogP contribution < -0.4 is 5.56 Å². The molecule has 2 heterocycles. The van der Waals surface area contributed by atoms with E-state index in [2.05, 4.69) is 5.10 Å². The molecule has 4 nitrogen and oxygen atoms in total. The first kappa shape index (κ1) is 14.4. The van der Waals surface area contributed by atoms with Crippen molar-refractivity contribution in [3.63, 3.8) is 0 Å². The minimum atomic E-state index is -0.417. The molecule has 0 aliphatic heterocycles. The van der Waals surface area contributed by atoms with Crippen LogP contribution in [0.2, 0.25) is 10.2 Å². The van der Waals surface area contributed by atoms with Gasteiger partial charge in [0.2, 0.25) is 0 Å². The van der Waals surface area contributed by atoms with Crippen LogP contribution in [0.25, 0.3) is 21.2 Å². The van der Waals surface area contributed by atoms with E-state index in [0.717, 1.165) is 19.6 Å². The van der Waals surface area contributed by atoms with Crippen molar-refractivity contribution in [2.24, 2.45) is 7.05 Å². The van der Waals surface area contributed by atoms with Crippen LogP contribution in [-0.4, -0.2) is 14.9 Å². The molecule has 0 aliphatic rings. The maximum atomic E-state index is 12.4. The Kier molecular flexibility index (Phi) is 3.43. The van der Waals surface area contributed by atoms with Crippen molar-refractivity contribution in [3.05, 3.63) is 43.6 Å². The van der Waals surface area contributed by atoms with Crippen molar-refractivity contribution in [3.8, 4) is 16.9 Å². The fraction of sp³-hybridized carbons (Fsp3) is 0.143. The van der Waals surface area contributed by atoms with E-state index in [1.165, 1.54) is 18.4 Å². The number of thiophene rings is 1. The van der Waals surface area contributed by atoms with Gasteiger partial charge in [0.15, 0.2) is 10.9 Å². The summed E-state index contributed by atoms with van der Waals surface area (Å²) in [5, 5.41) is 15.1. The number of benzene rings is 1. The molecule has 1 aromatic carbocycles. The molecule has 2 aromatic heterocycles. The van der Waals surface area contributed by atoms with Gasteiger partial charge in [-0.1, -0.05) is 29.3 Å². The highest BCUT2D eigenvalue weighted by Gasteiger charge is 2.22. The number of hydrogen-bond acceptors (Lipinski definition) is 4. The average Bonchev–Trinajstić information content (AvgIpc) is 2.75. The Morgan fingerprint density at radius 2 is 2.00 bits per heavy atom. The second kappa shape index (κ2) is 5.02. The zero-order chi connectivity index (χ0) is 15.3. The molecule has 0 saturated heterocycles. The highest BCUT2D eigenvalue weighted by Crippen LogP contribution is 2.44. The molecule has 0 radical (unpaired) electrons. The predicted molar refractivity (Wildman–Crippen MR) is 86.7 cm³/mol. The van der Waals surface area contributed by atoms with Crippen molar-refractivity contribution >= 4 is 44.6 Å². The Bertz CT molecular complexity index is 931. The third-order valence-corrected chi connectivity index (χ3v) is 4.91. The molecular formula is C14H10Cl2N2O2S. The van der Waals surface area contributed by atoms with Gasteiger partial charge in [-0.2, -0.15) is 5.10 Å². The van der Waals surface area contributed by atoms with Gasteiger partial charge in [0.25, 0.3) is 5.56 Å². The van der Waals surface area contributed by atoms with Gasteiger partial charge in [-0.25, -0.2) is 4.68 Å². The van der Waals surface area contributed by atoms with Crippen molar-refractivity contribution in [1.82, 2.24) is 9.78 Å². The second-order valence-corrected chi connectivity index (χ2v) is 6.61. The van der Waals surface area contributed by atoms with Gasteiger partial charge in [-0.3, -0.25) is 4.79 Å². The first-order valence-corrected chi connectivity index (χ1v) is 7.62. The molecule has 0 amide bonds. The molecule has 7 heteroatoms. The highest BCUT2D eigenvalue weighted by atomic mass is 35.5. The van der Waals surface area contributed by atoms with E-state index >= 15 is 0 Å². The van der Waals surface area contributed by atoms with Gasteiger partial charge in [-0.15, -0.1) is 11.3 Å². The Morgan fingerprint density at radius 1 is 1.29 bits per heavy atom. The summed E-state index contributed by atoms with van der Waals surface area (Å²) in [7, 11) is 1.49. The highest BCUT2D eigenvalue weighted by molar-refractivity contribution is 7.19. The van der Waals surface area contributed by atoms with Gasteiger partial charge in [0.1, 0.15) is 0 Å². The summed E-state index contributed by atoms with van der Waals surface area (Å²) >= 11 is 13.7. The SMILES string of the molecule is Cc1sc2cccc(Cl)c2c1-c1c(O)c(Cl)nn(C)c1=O. The maximum Gasteiger partial charge on any atom is 0.278 e. The van der Waals surface area contributed by atoms with Crippen LogP contribution in [0.15, 0.2) is 23.0 Å². The maximum absolute atomic E-state index is 12.4. The minimum absolute atomic E-state index is 0.113. The summed E-state index contributed by atoms with van der Waals surface area (Å²) < 4.78 is 2.06. The average molecular weight is 341 g/mol. The third kappa shape index (κ3) is 2.12. The normalized spacial score (nSPS) is 11.2. The number of aromatic hydroxyl groups is 1. The molecule has 3 rings (SSSR count). The van der Waals surface area contributed by atoms with Crippen molar-refractivity contribution < 1.29 is 5.11 Å². The number of aryl methyl sites for hydroxylation is 2.